The minimum absolute atomic E-state index is 0. The monoisotopic (exact) mass is 225 g/mol. The van der Waals surface area contributed by atoms with Crippen molar-refractivity contribution in [3.05, 3.63) is 0 Å². The number of aliphatic hydroxyl groups is 1. The van der Waals surface area contributed by atoms with Gasteiger partial charge in [0.15, 0.2) is 0 Å². The Bertz CT molecular complexity index is 76.5. The van der Waals surface area contributed by atoms with Gasteiger partial charge in [-0.15, -0.1) is 17.0 Å². The predicted octanol–water partition coefficient (Wildman–Crippen LogP) is 1.68. The van der Waals surface area contributed by atoms with Crippen molar-refractivity contribution in [1.82, 2.24) is 4.90 Å². The zero-order chi connectivity index (χ0) is 7.98. The van der Waals surface area contributed by atoms with Gasteiger partial charge >= 0.3 is 0 Å². The first kappa shape index (κ1) is 14.0. The number of nitrogens with zero attached hydrogens (tertiary/aromatic N) is 1. The van der Waals surface area contributed by atoms with Crippen molar-refractivity contribution in [3.63, 3.8) is 0 Å². The highest BCUT2D eigenvalue weighted by atomic mass is 79.9. The van der Waals surface area contributed by atoms with Crippen LogP contribution in [-0.2, 0) is 0 Å². The van der Waals surface area contributed by atoms with E-state index in [2.05, 4.69) is 25.7 Å². The van der Waals surface area contributed by atoms with Gasteiger partial charge in [0.25, 0.3) is 0 Å². The van der Waals surface area contributed by atoms with Gasteiger partial charge in [-0.1, -0.05) is 13.8 Å². The molecule has 0 rings (SSSR count). The minimum Gasteiger partial charge on any atom is -0.396 e. The standard InChI is InChI=1S/C8H19NO.BrH/c1-4-9(5-2)8(3)6-7-10;/h8,10H,4-7H2,1-3H3;1H. The van der Waals surface area contributed by atoms with Crippen LogP contribution >= 0.6 is 17.0 Å². The van der Waals surface area contributed by atoms with Gasteiger partial charge in [-0.2, -0.15) is 0 Å². The van der Waals surface area contributed by atoms with Crippen molar-refractivity contribution in [3.8, 4) is 0 Å². The lowest BCUT2D eigenvalue weighted by Crippen LogP contribution is -2.33. The first-order chi connectivity index (χ1) is 4.76. The van der Waals surface area contributed by atoms with Gasteiger partial charge in [0.1, 0.15) is 0 Å². The highest BCUT2D eigenvalue weighted by Gasteiger charge is 2.07. The van der Waals surface area contributed by atoms with Crippen molar-refractivity contribution in [2.45, 2.75) is 33.2 Å². The Labute approximate surface area is 80.4 Å². The average Bonchev–Trinajstić information content (AvgIpc) is 1.91. The van der Waals surface area contributed by atoms with Crippen molar-refractivity contribution >= 4 is 17.0 Å². The van der Waals surface area contributed by atoms with Gasteiger partial charge in [-0.3, -0.25) is 0 Å². The average molecular weight is 226 g/mol. The fraction of sp³-hybridized carbons (Fsp3) is 1.00. The SMILES string of the molecule is Br.CCN(CC)C(C)CCO. The number of aliphatic hydroxyl groups excluding tert-OH is 1. The highest BCUT2D eigenvalue weighted by Crippen LogP contribution is 2.01. The molecule has 0 aromatic heterocycles. The van der Waals surface area contributed by atoms with Crippen molar-refractivity contribution < 1.29 is 5.11 Å². The fourth-order valence-electron chi connectivity index (χ4n) is 1.22. The molecule has 0 fully saturated rings. The van der Waals surface area contributed by atoms with E-state index < -0.39 is 0 Å². The van der Waals surface area contributed by atoms with E-state index in [4.69, 9.17) is 5.11 Å². The van der Waals surface area contributed by atoms with Crippen LogP contribution in [0.1, 0.15) is 27.2 Å². The van der Waals surface area contributed by atoms with Gasteiger partial charge in [0, 0.05) is 12.6 Å². The van der Waals surface area contributed by atoms with Crippen LogP contribution in [0.4, 0.5) is 0 Å². The highest BCUT2D eigenvalue weighted by molar-refractivity contribution is 8.93. The summed E-state index contributed by atoms with van der Waals surface area (Å²) in [5.41, 5.74) is 0. The molecule has 0 heterocycles. The molecule has 0 aliphatic heterocycles. The Balaban J connectivity index is 0. The molecule has 3 heteroatoms. The minimum atomic E-state index is 0. The topological polar surface area (TPSA) is 23.5 Å². The van der Waals surface area contributed by atoms with Crippen LogP contribution in [0.3, 0.4) is 0 Å². The summed E-state index contributed by atoms with van der Waals surface area (Å²) in [5, 5.41) is 8.65. The first-order valence-electron chi connectivity index (χ1n) is 4.11. The van der Waals surface area contributed by atoms with Crippen LogP contribution in [0, 0.1) is 0 Å². The molecule has 0 bridgehead atoms. The summed E-state index contributed by atoms with van der Waals surface area (Å²) >= 11 is 0. The summed E-state index contributed by atoms with van der Waals surface area (Å²) in [6.07, 6.45) is 0.891. The lowest BCUT2D eigenvalue weighted by molar-refractivity contribution is 0.181. The molecule has 2 nitrogen and oxygen atoms in total. The van der Waals surface area contributed by atoms with Gasteiger partial charge in [0.2, 0.25) is 0 Å². The molecule has 0 aliphatic carbocycles. The lowest BCUT2D eigenvalue weighted by Gasteiger charge is -2.25. The molecule has 1 N–H and O–H groups in total. The molecule has 0 radical (unpaired) electrons. The maximum atomic E-state index is 8.65. The van der Waals surface area contributed by atoms with E-state index in [-0.39, 0.29) is 17.0 Å². The van der Waals surface area contributed by atoms with Gasteiger partial charge in [-0.05, 0) is 26.4 Å². The summed E-state index contributed by atoms with van der Waals surface area (Å²) in [6.45, 7) is 8.92. The molecule has 70 valence electrons. The molecule has 0 aromatic carbocycles. The molecule has 1 atom stereocenters. The molecule has 0 aromatic rings. The van der Waals surface area contributed by atoms with Crippen LogP contribution in [0.5, 0.6) is 0 Å². The van der Waals surface area contributed by atoms with E-state index in [1.807, 2.05) is 0 Å². The van der Waals surface area contributed by atoms with Crippen LogP contribution in [-0.4, -0.2) is 35.7 Å². The Morgan fingerprint density at radius 2 is 1.73 bits per heavy atom. The fourth-order valence-corrected chi connectivity index (χ4v) is 1.22. The Morgan fingerprint density at radius 1 is 1.27 bits per heavy atom. The molecule has 0 aliphatic rings. The summed E-state index contributed by atoms with van der Waals surface area (Å²) in [4.78, 5) is 2.34. The third kappa shape index (κ3) is 5.65. The van der Waals surface area contributed by atoms with Crippen molar-refractivity contribution in [2.24, 2.45) is 0 Å². The zero-order valence-electron chi connectivity index (χ0n) is 7.71. The van der Waals surface area contributed by atoms with E-state index in [0.29, 0.717) is 12.6 Å². The van der Waals surface area contributed by atoms with Gasteiger partial charge < -0.3 is 10.0 Å². The van der Waals surface area contributed by atoms with E-state index in [1.54, 1.807) is 0 Å². The van der Waals surface area contributed by atoms with Crippen LogP contribution < -0.4 is 0 Å². The summed E-state index contributed by atoms with van der Waals surface area (Å²) < 4.78 is 0. The van der Waals surface area contributed by atoms with E-state index >= 15 is 0 Å². The number of hydrogen-bond donors (Lipinski definition) is 1. The molecular formula is C8H20BrNO. The van der Waals surface area contributed by atoms with Gasteiger partial charge in [-0.25, -0.2) is 0 Å². The van der Waals surface area contributed by atoms with Crippen molar-refractivity contribution in [1.29, 1.82) is 0 Å². The summed E-state index contributed by atoms with van der Waals surface area (Å²) in [5.74, 6) is 0. The Morgan fingerprint density at radius 3 is 2.00 bits per heavy atom. The molecule has 11 heavy (non-hydrogen) atoms. The Hall–Kier alpha value is 0.400. The summed E-state index contributed by atoms with van der Waals surface area (Å²) in [6, 6.07) is 0.528. The molecule has 0 spiro atoms. The third-order valence-corrected chi connectivity index (χ3v) is 1.98. The van der Waals surface area contributed by atoms with Gasteiger partial charge in [0.05, 0.1) is 0 Å². The van der Waals surface area contributed by atoms with E-state index in [9.17, 15) is 0 Å². The second-order valence-electron chi connectivity index (χ2n) is 2.58. The normalized spacial score (nSPS) is 12.8. The molecule has 0 saturated carbocycles. The van der Waals surface area contributed by atoms with Crippen LogP contribution in [0.25, 0.3) is 0 Å². The quantitative estimate of drug-likeness (QED) is 0.770. The second-order valence-corrected chi connectivity index (χ2v) is 2.58. The number of rotatable bonds is 5. The molecule has 0 saturated heterocycles. The maximum absolute atomic E-state index is 8.65. The summed E-state index contributed by atoms with van der Waals surface area (Å²) in [7, 11) is 0. The second kappa shape index (κ2) is 8.50. The predicted molar refractivity (Wildman–Crippen MR) is 54.4 cm³/mol. The maximum Gasteiger partial charge on any atom is 0.0445 e. The smallest absolute Gasteiger partial charge is 0.0445 e. The number of halogens is 1. The van der Waals surface area contributed by atoms with E-state index in [1.165, 1.54) is 0 Å². The zero-order valence-corrected chi connectivity index (χ0v) is 9.42. The van der Waals surface area contributed by atoms with Crippen LogP contribution in [0.15, 0.2) is 0 Å². The van der Waals surface area contributed by atoms with Crippen molar-refractivity contribution in [2.75, 3.05) is 19.7 Å². The third-order valence-electron chi connectivity index (χ3n) is 1.98. The van der Waals surface area contributed by atoms with E-state index in [0.717, 1.165) is 19.5 Å². The van der Waals surface area contributed by atoms with Crippen LogP contribution in [0.2, 0.25) is 0 Å². The molecule has 1 unspecified atom stereocenters. The molecule has 0 amide bonds. The lowest BCUT2D eigenvalue weighted by atomic mass is 10.2. The molecular weight excluding hydrogens is 206 g/mol. The number of hydrogen-bond acceptors (Lipinski definition) is 2. The largest absolute Gasteiger partial charge is 0.396 e. The first-order valence-corrected chi connectivity index (χ1v) is 4.11. The Kier molecular flexibility index (Phi) is 10.8.